The van der Waals surface area contributed by atoms with Gasteiger partial charge in [-0.05, 0) is 35.9 Å². The molecule has 1 aliphatic heterocycles. The van der Waals surface area contributed by atoms with Crippen LogP contribution in [0.5, 0.6) is 0 Å². The summed E-state index contributed by atoms with van der Waals surface area (Å²) in [5, 5.41) is 7.98. The number of hydrogen-bond acceptors (Lipinski definition) is 6. The van der Waals surface area contributed by atoms with Crippen molar-refractivity contribution in [2.45, 2.75) is 13.0 Å². The summed E-state index contributed by atoms with van der Waals surface area (Å²) < 4.78 is 19.9. The zero-order chi connectivity index (χ0) is 19.7. The molecule has 0 N–H and O–H groups in total. The molecule has 3 aromatic rings. The second kappa shape index (κ2) is 7.69. The van der Waals surface area contributed by atoms with E-state index in [0.717, 1.165) is 0 Å². The van der Waals surface area contributed by atoms with Crippen LogP contribution in [0.2, 0.25) is 5.02 Å². The number of fused-ring (bicyclic) bond motifs is 1. The third-order valence-electron chi connectivity index (χ3n) is 4.49. The zero-order valence-electron chi connectivity index (χ0n) is 15.0. The van der Waals surface area contributed by atoms with Crippen molar-refractivity contribution in [1.29, 1.82) is 0 Å². The van der Waals surface area contributed by atoms with E-state index in [2.05, 4.69) is 15.3 Å². The van der Waals surface area contributed by atoms with E-state index in [-0.39, 0.29) is 23.7 Å². The molecule has 146 valence electrons. The number of carbonyl (C=O) groups excluding carboxylic acids is 1. The number of ether oxygens (including phenoxy) is 1. The third-order valence-corrected chi connectivity index (χ3v) is 4.97. The molecule has 0 saturated carbocycles. The number of hydrogen-bond donors (Lipinski definition) is 0. The first-order chi connectivity index (χ1) is 13.5. The first kappa shape index (κ1) is 18.6. The van der Waals surface area contributed by atoms with Crippen molar-refractivity contribution >= 4 is 28.7 Å². The van der Waals surface area contributed by atoms with Crippen molar-refractivity contribution in [2.24, 2.45) is 0 Å². The van der Waals surface area contributed by atoms with E-state index < -0.39 is 17.8 Å². The van der Waals surface area contributed by atoms with E-state index >= 15 is 0 Å². The van der Waals surface area contributed by atoms with Crippen LogP contribution in [0.3, 0.4) is 0 Å². The van der Waals surface area contributed by atoms with Gasteiger partial charge in [-0.3, -0.25) is 4.79 Å². The van der Waals surface area contributed by atoms with Gasteiger partial charge in [0.1, 0.15) is 24.0 Å². The monoisotopic (exact) mass is 405 g/mol. The molecule has 10 heteroatoms. The number of pyridine rings is 1. The van der Waals surface area contributed by atoms with Crippen molar-refractivity contribution < 1.29 is 18.8 Å². The van der Waals surface area contributed by atoms with E-state index in [1.54, 1.807) is 31.3 Å². The Balaban J connectivity index is 1.45. The van der Waals surface area contributed by atoms with E-state index in [1.807, 2.05) is 0 Å². The van der Waals surface area contributed by atoms with E-state index in [0.29, 0.717) is 29.9 Å². The van der Waals surface area contributed by atoms with Gasteiger partial charge < -0.3 is 14.5 Å². The maximum atomic E-state index is 14.2. The molecular weight excluding hydrogens is 389 g/mol. The Morgan fingerprint density at radius 2 is 2.29 bits per heavy atom. The highest BCUT2D eigenvalue weighted by molar-refractivity contribution is 6.34. The summed E-state index contributed by atoms with van der Waals surface area (Å²) in [7, 11) is 0. The molecule has 1 amide bonds. The second-order valence-corrected chi connectivity index (χ2v) is 6.78. The largest absolute Gasteiger partial charge is 0.391 e. The summed E-state index contributed by atoms with van der Waals surface area (Å²) in [5.41, 5.74) is 1.62. The minimum atomic E-state index is -0.639. The fraction of sp³-hybridized carbons (Fsp3) is 0.333. The van der Waals surface area contributed by atoms with Crippen molar-refractivity contribution in [3.05, 3.63) is 52.4 Å². The summed E-state index contributed by atoms with van der Waals surface area (Å²) in [6.07, 6.45) is 1.20. The summed E-state index contributed by atoms with van der Waals surface area (Å²) >= 11 is 6.16. The molecule has 4 rings (SSSR count). The topological polar surface area (TPSA) is 82.4 Å². The van der Waals surface area contributed by atoms with Gasteiger partial charge in [0.05, 0.1) is 23.7 Å². The molecule has 1 fully saturated rings. The number of nitrogens with zero attached hydrogens (tertiary/aromatic N) is 5. The fourth-order valence-electron chi connectivity index (χ4n) is 3.00. The Morgan fingerprint density at radius 3 is 3.14 bits per heavy atom. The van der Waals surface area contributed by atoms with Gasteiger partial charge in [-0.2, -0.15) is 0 Å². The summed E-state index contributed by atoms with van der Waals surface area (Å²) in [5.74, 6) is -1.10. The lowest BCUT2D eigenvalue weighted by molar-refractivity contribution is -0.0681. The molecule has 1 unspecified atom stereocenters. The third kappa shape index (κ3) is 3.50. The standard InChI is InChI=1S/C18H17ClFN5O3/c1-11-4-5-13(20)15(16(11)19)18(26)24-7-8-27-12(9-24)10-28-25-17-14(22-23-25)3-2-6-21-17/h2-6,12H,7-10H2,1H3. The predicted octanol–water partition coefficient (Wildman–Crippen LogP) is 1.90. The Bertz CT molecular complexity index is 1030. The van der Waals surface area contributed by atoms with Gasteiger partial charge in [0, 0.05) is 12.7 Å². The minimum absolute atomic E-state index is 0.116. The van der Waals surface area contributed by atoms with Crippen LogP contribution in [0.25, 0.3) is 11.2 Å². The lowest BCUT2D eigenvalue weighted by Gasteiger charge is -2.32. The first-order valence-electron chi connectivity index (χ1n) is 8.70. The molecule has 28 heavy (non-hydrogen) atoms. The highest BCUT2D eigenvalue weighted by atomic mass is 35.5. The Labute approximate surface area is 164 Å². The summed E-state index contributed by atoms with van der Waals surface area (Å²) in [6, 6.07) is 6.32. The van der Waals surface area contributed by atoms with Gasteiger partial charge in [-0.1, -0.05) is 22.5 Å². The number of aromatic nitrogens is 4. The number of carbonyl (C=O) groups is 1. The van der Waals surface area contributed by atoms with Crippen LogP contribution in [0.4, 0.5) is 4.39 Å². The van der Waals surface area contributed by atoms with Crippen LogP contribution in [0.1, 0.15) is 15.9 Å². The van der Waals surface area contributed by atoms with Gasteiger partial charge in [0.15, 0.2) is 0 Å². The predicted molar refractivity (Wildman–Crippen MR) is 98.6 cm³/mol. The van der Waals surface area contributed by atoms with Crippen molar-refractivity contribution in [3.63, 3.8) is 0 Å². The van der Waals surface area contributed by atoms with Crippen molar-refractivity contribution in [3.8, 4) is 0 Å². The SMILES string of the molecule is Cc1ccc(F)c(C(=O)N2CCOC(COn3nnc4cccnc43)C2)c1Cl. The molecule has 8 nitrogen and oxygen atoms in total. The maximum absolute atomic E-state index is 14.2. The molecule has 0 radical (unpaired) electrons. The lowest BCUT2D eigenvalue weighted by Crippen LogP contribution is -2.48. The Hall–Kier alpha value is -2.78. The highest BCUT2D eigenvalue weighted by Crippen LogP contribution is 2.25. The van der Waals surface area contributed by atoms with Crippen LogP contribution >= 0.6 is 11.6 Å². The molecule has 2 aromatic heterocycles. The Morgan fingerprint density at radius 1 is 1.43 bits per heavy atom. The lowest BCUT2D eigenvalue weighted by atomic mass is 10.1. The summed E-state index contributed by atoms with van der Waals surface area (Å²) in [6.45, 7) is 2.74. The first-order valence-corrected chi connectivity index (χ1v) is 9.07. The number of rotatable bonds is 4. The number of amides is 1. The van der Waals surface area contributed by atoms with Crippen LogP contribution in [0, 0.1) is 12.7 Å². The summed E-state index contributed by atoms with van der Waals surface area (Å²) in [4.78, 5) is 25.3. The van der Waals surface area contributed by atoms with Gasteiger partial charge >= 0.3 is 0 Å². The van der Waals surface area contributed by atoms with Crippen molar-refractivity contribution in [1.82, 2.24) is 25.0 Å². The molecule has 1 aliphatic rings. The average Bonchev–Trinajstić information content (AvgIpc) is 3.13. The van der Waals surface area contributed by atoms with E-state index in [4.69, 9.17) is 21.2 Å². The second-order valence-electron chi connectivity index (χ2n) is 6.40. The maximum Gasteiger partial charge on any atom is 0.258 e. The number of benzene rings is 1. The van der Waals surface area contributed by atoms with Gasteiger partial charge in [0.25, 0.3) is 5.91 Å². The zero-order valence-corrected chi connectivity index (χ0v) is 15.8. The normalized spacial score (nSPS) is 17.1. The number of morpholine rings is 1. The van der Waals surface area contributed by atoms with E-state index in [1.165, 1.54) is 15.8 Å². The van der Waals surface area contributed by atoms with Crippen LogP contribution in [0.15, 0.2) is 30.5 Å². The van der Waals surface area contributed by atoms with Crippen LogP contribution in [-0.4, -0.2) is 63.4 Å². The molecular formula is C18H17ClFN5O3. The number of halogens is 2. The van der Waals surface area contributed by atoms with Crippen LogP contribution < -0.4 is 4.84 Å². The minimum Gasteiger partial charge on any atom is -0.391 e. The van der Waals surface area contributed by atoms with Crippen molar-refractivity contribution in [2.75, 3.05) is 26.3 Å². The van der Waals surface area contributed by atoms with Gasteiger partial charge in [0.2, 0.25) is 5.65 Å². The molecule has 1 atom stereocenters. The highest BCUT2D eigenvalue weighted by Gasteiger charge is 2.29. The molecule has 0 aliphatic carbocycles. The number of aryl methyl sites for hydroxylation is 1. The smallest absolute Gasteiger partial charge is 0.258 e. The molecule has 0 spiro atoms. The average molecular weight is 406 g/mol. The molecule has 0 bridgehead atoms. The fourth-order valence-corrected chi connectivity index (χ4v) is 3.24. The van der Waals surface area contributed by atoms with Gasteiger partial charge in [-0.25, -0.2) is 9.37 Å². The Kier molecular flexibility index (Phi) is 5.10. The van der Waals surface area contributed by atoms with Gasteiger partial charge in [-0.15, -0.1) is 5.10 Å². The molecule has 1 aromatic carbocycles. The van der Waals surface area contributed by atoms with E-state index in [9.17, 15) is 9.18 Å². The van der Waals surface area contributed by atoms with Crippen LogP contribution in [-0.2, 0) is 4.74 Å². The molecule has 1 saturated heterocycles. The molecule has 3 heterocycles. The quantitative estimate of drug-likeness (QED) is 0.659.